The number of carbonyl (C=O) groups is 1. The quantitative estimate of drug-likeness (QED) is 0.132. The molecule has 42 heavy (non-hydrogen) atoms. The lowest BCUT2D eigenvalue weighted by molar-refractivity contribution is -0.270. The highest BCUT2D eigenvalue weighted by Gasteiger charge is 2.42. The molecule has 0 N–H and O–H groups in total. The van der Waals surface area contributed by atoms with E-state index in [1.807, 2.05) is 121 Å². The second-order valence-electron chi connectivity index (χ2n) is 10.1. The molecular formula is C36H36O6. The largest absolute Gasteiger partial charge is 0.432 e. The summed E-state index contributed by atoms with van der Waals surface area (Å²) in [6.07, 6.45) is 1.27. The van der Waals surface area contributed by atoms with Crippen molar-refractivity contribution in [1.29, 1.82) is 0 Å². The molecule has 1 heterocycles. The third kappa shape index (κ3) is 9.23. The number of benzene rings is 4. The van der Waals surface area contributed by atoms with Gasteiger partial charge in [0.25, 0.3) is 0 Å². The molecule has 1 fully saturated rings. The summed E-state index contributed by atoms with van der Waals surface area (Å²) < 4.78 is 31.1. The predicted molar refractivity (Wildman–Crippen MR) is 161 cm³/mol. The van der Waals surface area contributed by atoms with Crippen molar-refractivity contribution < 1.29 is 28.5 Å². The van der Waals surface area contributed by atoms with Crippen molar-refractivity contribution >= 4 is 12.0 Å². The lowest BCUT2D eigenvalue weighted by Gasteiger charge is -2.40. The summed E-state index contributed by atoms with van der Waals surface area (Å²) in [4.78, 5) is 12.8. The minimum atomic E-state index is -0.819. The zero-order valence-corrected chi connectivity index (χ0v) is 23.5. The van der Waals surface area contributed by atoms with Gasteiger partial charge in [-0.2, -0.15) is 0 Å². The van der Waals surface area contributed by atoms with Crippen LogP contribution in [0.15, 0.2) is 127 Å². The zero-order valence-electron chi connectivity index (χ0n) is 23.5. The van der Waals surface area contributed by atoms with E-state index in [-0.39, 0.29) is 6.61 Å². The van der Waals surface area contributed by atoms with Crippen molar-refractivity contribution in [2.24, 2.45) is 0 Å². The molecule has 0 unspecified atom stereocenters. The topological polar surface area (TPSA) is 63.2 Å². The summed E-state index contributed by atoms with van der Waals surface area (Å²) in [5.41, 5.74) is 4.05. The molecule has 1 aliphatic heterocycles. The van der Waals surface area contributed by atoms with E-state index in [0.717, 1.165) is 22.3 Å². The predicted octanol–water partition coefficient (Wildman–Crippen LogP) is 6.75. The summed E-state index contributed by atoms with van der Waals surface area (Å²) >= 11 is 0. The Balaban J connectivity index is 1.31. The molecule has 0 spiro atoms. The van der Waals surface area contributed by atoms with Gasteiger partial charge < -0.3 is 23.7 Å². The van der Waals surface area contributed by atoms with E-state index >= 15 is 0 Å². The van der Waals surface area contributed by atoms with Crippen molar-refractivity contribution in [2.45, 2.75) is 50.8 Å². The van der Waals surface area contributed by atoms with Crippen LogP contribution in [0.1, 0.15) is 28.7 Å². The Morgan fingerprint density at radius 3 is 1.81 bits per heavy atom. The molecule has 0 aromatic heterocycles. The van der Waals surface area contributed by atoms with E-state index in [2.05, 4.69) is 0 Å². The lowest BCUT2D eigenvalue weighted by atomic mass is 10.0. The van der Waals surface area contributed by atoms with Crippen LogP contribution < -0.4 is 0 Å². The van der Waals surface area contributed by atoms with Gasteiger partial charge in [0, 0.05) is 12.5 Å². The van der Waals surface area contributed by atoms with E-state index in [0.29, 0.717) is 26.2 Å². The molecule has 6 nitrogen and oxygen atoms in total. The third-order valence-electron chi connectivity index (χ3n) is 6.93. The number of ether oxygens (including phenoxy) is 5. The summed E-state index contributed by atoms with van der Waals surface area (Å²) in [5, 5.41) is 0. The van der Waals surface area contributed by atoms with Gasteiger partial charge in [0.15, 0.2) is 0 Å². The third-order valence-corrected chi connectivity index (χ3v) is 6.93. The Morgan fingerprint density at radius 2 is 1.21 bits per heavy atom. The first kappa shape index (κ1) is 29.4. The molecule has 0 aliphatic carbocycles. The SMILES string of the molecule is O=C(/C=C/c1ccccc1)O[C@H]1C[C@@H](OCc2ccccc2)[C@H](OCc2ccccc2)[C@@H](COCc2ccccc2)O1. The van der Waals surface area contributed by atoms with Crippen LogP contribution in [0.4, 0.5) is 0 Å². The fourth-order valence-electron chi connectivity index (χ4n) is 4.79. The molecule has 0 saturated carbocycles. The standard InChI is InChI=1S/C36H36O6/c37-34(22-21-28-13-5-1-6-14-28)42-35-23-32(39-25-30-17-9-3-10-18-30)36(40-26-31-19-11-4-12-20-31)33(41-35)27-38-24-29-15-7-2-8-16-29/h1-22,32-33,35-36H,23-27H2/b22-21+/t32-,33-,35+,36+/m1/s1. The van der Waals surface area contributed by atoms with E-state index in [1.54, 1.807) is 6.08 Å². The average molecular weight is 565 g/mol. The zero-order chi connectivity index (χ0) is 28.8. The minimum absolute atomic E-state index is 0.244. The Morgan fingerprint density at radius 1 is 0.690 bits per heavy atom. The van der Waals surface area contributed by atoms with Gasteiger partial charge in [0.1, 0.15) is 12.2 Å². The Hall–Kier alpha value is -4.07. The van der Waals surface area contributed by atoms with Gasteiger partial charge in [-0.25, -0.2) is 4.79 Å². The molecule has 4 aromatic rings. The van der Waals surface area contributed by atoms with Crippen LogP contribution in [0.5, 0.6) is 0 Å². The van der Waals surface area contributed by atoms with Crippen LogP contribution in [-0.4, -0.2) is 37.2 Å². The molecular weight excluding hydrogens is 528 g/mol. The van der Waals surface area contributed by atoms with Crippen LogP contribution >= 0.6 is 0 Å². The first-order chi connectivity index (χ1) is 20.7. The second kappa shape index (κ2) is 15.8. The molecule has 4 atom stereocenters. The first-order valence-corrected chi connectivity index (χ1v) is 14.2. The fourth-order valence-corrected chi connectivity index (χ4v) is 4.79. The maximum absolute atomic E-state index is 12.8. The van der Waals surface area contributed by atoms with Gasteiger partial charge in [0.05, 0.1) is 32.5 Å². The summed E-state index contributed by atoms with van der Waals surface area (Å²) in [5.74, 6) is -0.488. The van der Waals surface area contributed by atoms with Gasteiger partial charge in [-0.3, -0.25) is 0 Å². The molecule has 5 rings (SSSR count). The Labute approximate surface area is 247 Å². The van der Waals surface area contributed by atoms with Gasteiger partial charge in [-0.1, -0.05) is 121 Å². The van der Waals surface area contributed by atoms with Crippen molar-refractivity contribution in [3.8, 4) is 0 Å². The van der Waals surface area contributed by atoms with Crippen LogP contribution in [0.2, 0.25) is 0 Å². The molecule has 0 bridgehead atoms. The van der Waals surface area contributed by atoms with E-state index in [1.165, 1.54) is 6.08 Å². The molecule has 4 aromatic carbocycles. The monoisotopic (exact) mass is 564 g/mol. The van der Waals surface area contributed by atoms with E-state index in [9.17, 15) is 4.79 Å². The Bertz CT molecular complexity index is 1360. The fraction of sp³-hybridized carbons (Fsp3) is 0.250. The molecule has 0 amide bonds. The summed E-state index contributed by atoms with van der Waals surface area (Å²) in [7, 11) is 0. The number of rotatable bonds is 13. The number of esters is 1. The second-order valence-corrected chi connectivity index (χ2v) is 10.1. The minimum Gasteiger partial charge on any atom is -0.432 e. The van der Waals surface area contributed by atoms with Gasteiger partial charge in [-0.15, -0.1) is 0 Å². The van der Waals surface area contributed by atoms with Crippen LogP contribution in [0, 0.1) is 0 Å². The van der Waals surface area contributed by atoms with E-state index in [4.69, 9.17) is 23.7 Å². The maximum Gasteiger partial charge on any atom is 0.333 e. The van der Waals surface area contributed by atoms with E-state index < -0.39 is 30.6 Å². The smallest absolute Gasteiger partial charge is 0.333 e. The highest BCUT2D eigenvalue weighted by molar-refractivity contribution is 5.87. The molecule has 1 saturated heterocycles. The maximum atomic E-state index is 12.8. The van der Waals surface area contributed by atoms with Crippen molar-refractivity contribution in [3.63, 3.8) is 0 Å². The normalized spacial score (nSPS) is 20.4. The number of carbonyl (C=O) groups excluding carboxylic acids is 1. The lowest BCUT2D eigenvalue weighted by Crippen LogP contribution is -2.53. The van der Waals surface area contributed by atoms with Crippen molar-refractivity contribution in [3.05, 3.63) is 150 Å². The summed E-state index contributed by atoms with van der Waals surface area (Å²) in [6, 6.07) is 39.5. The molecule has 0 radical (unpaired) electrons. The first-order valence-electron chi connectivity index (χ1n) is 14.2. The van der Waals surface area contributed by atoms with Crippen LogP contribution in [-0.2, 0) is 48.3 Å². The molecule has 6 heteroatoms. The van der Waals surface area contributed by atoms with Crippen molar-refractivity contribution in [1.82, 2.24) is 0 Å². The molecule has 1 aliphatic rings. The van der Waals surface area contributed by atoms with Crippen LogP contribution in [0.25, 0.3) is 6.08 Å². The molecule has 216 valence electrons. The summed E-state index contributed by atoms with van der Waals surface area (Å²) in [6.45, 7) is 1.45. The number of hydrogen-bond acceptors (Lipinski definition) is 6. The highest BCUT2D eigenvalue weighted by atomic mass is 16.7. The highest BCUT2D eigenvalue weighted by Crippen LogP contribution is 2.29. The van der Waals surface area contributed by atoms with Crippen LogP contribution in [0.3, 0.4) is 0 Å². The van der Waals surface area contributed by atoms with Gasteiger partial charge in [0.2, 0.25) is 6.29 Å². The van der Waals surface area contributed by atoms with Gasteiger partial charge >= 0.3 is 5.97 Å². The Kier molecular flexibility index (Phi) is 11.1. The van der Waals surface area contributed by atoms with Crippen molar-refractivity contribution in [2.75, 3.05) is 6.61 Å². The van der Waals surface area contributed by atoms with Gasteiger partial charge in [-0.05, 0) is 28.3 Å². The number of hydrogen-bond donors (Lipinski definition) is 0. The average Bonchev–Trinajstić information content (AvgIpc) is 3.04.